The Morgan fingerprint density at radius 2 is 1.90 bits per heavy atom. The highest BCUT2D eigenvalue weighted by Crippen LogP contribution is 2.27. The van der Waals surface area contributed by atoms with Crippen molar-refractivity contribution in [3.63, 3.8) is 0 Å². The molecule has 0 aromatic heterocycles. The van der Waals surface area contributed by atoms with Crippen LogP contribution in [0.4, 0.5) is 17.1 Å². The third-order valence-electron chi connectivity index (χ3n) is 4.62. The first-order valence-electron chi connectivity index (χ1n) is 9.52. The summed E-state index contributed by atoms with van der Waals surface area (Å²) in [4.78, 5) is 37.2. The Kier molecular flexibility index (Phi) is 7.13. The van der Waals surface area contributed by atoms with Gasteiger partial charge >= 0.3 is 5.97 Å². The van der Waals surface area contributed by atoms with Gasteiger partial charge in [-0.15, -0.1) is 0 Å². The first-order valence-corrected chi connectivity index (χ1v) is 9.52. The van der Waals surface area contributed by atoms with Crippen molar-refractivity contribution in [3.8, 4) is 6.07 Å². The van der Waals surface area contributed by atoms with E-state index in [1.807, 2.05) is 11.0 Å². The Hall–Kier alpha value is -3.97. The maximum atomic E-state index is 12.6. The summed E-state index contributed by atoms with van der Waals surface area (Å²) < 4.78 is 10.4. The van der Waals surface area contributed by atoms with E-state index in [1.165, 1.54) is 12.1 Å². The molecule has 10 nitrogen and oxygen atoms in total. The predicted octanol–water partition coefficient (Wildman–Crippen LogP) is 2.29. The lowest BCUT2D eigenvalue weighted by Crippen LogP contribution is -2.37. The molecule has 2 aromatic rings. The molecule has 1 fully saturated rings. The Balaban J connectivity index is 1.67. The van der Waals surface area contributed by atoms with Crippen LogP contribution in [-0.2, 0) is 20.7 Å². The summed E-state index contributed by atoms with van der Waals surface area (Å²) in [7, 11) is 0. The summed E-state index contributed by atoms with van der Waals surface area (Å²) in [5.41, 5.74) is 1.57. The van der Waals surface area contributed by atoms with Crippen molar-refractivity contribution in [2.75, 3.05) is 43.1 Å². The van der Waals surface area contributed by atoms with Crippen LogP contribution in [0.25, 0.3) is 0 Å². The van der Waals surface area contributed by atoms with E-state index in [0.29, 0.717) is 37.7 Å². The monoisotopic (exact) mass is 424 g/mol. The lowest BCUT2D eigenvalue weighted by Gasteiger charge is -2.30. The first-order chi connectivity index (χ1) is 15.0. The van der Waals surface area contributed by atoms with Gasteiger partial charge in [-0.1, -0.05) is 12.1 Å². The van der Waals surface area contributed by atoms with Gasteiger partial charge in [0.1, 0.15) is 0 Å². The minimum atomic E-state index is -0.829. The van der Waals surface area contributed by atoms with Crippen LogP contribution in [-0.4, -0.2) is 49.7 Å². The van der Waals surface area contributed by atoms with Crippen LogP contribution in [0.15, 0.2) is 42.5 Å². The molecule has 2 aromatic carbocycles. The van der Waals surface area contributed by atoms with Crippen LogP contribution in [0.3, 0.4) is 0 Å². The van der Waals surface area contributed by atoms with E-state index < -0.39 is 23.4 Å². The van der Waals surface area contributed by atoms with Crippen LogP contribution in [0.5, 0.6) is 0 Å². The summed E-state index contributed by atoms with van der Waals surface area (Å²) in [6, 6.07) is 12.7. The average Bonchev–Trinajstić information content (AvgIpc) is 2.79. The van der Waals surface area contributed by atoms with E-state index in [-0.39, 0.29) is 17.7 Å². The molecule has 1 amide bonds. The van der Waals surface area contributed by atoms with E-state index in [4.69, 9.17) is 14.7 Å². The number of nitrogens with zero attached hydrogens (tertiary/aromatic N) is 3. The molecular formula is C21H20N4O6. The first kappa shape index (κ1) is 21.7. The van der Waals surface area contributed by atoms with Crippen molar-refractivity contribution in [1.29, 1.82) is 5.26 Å². The normalized spacial score (nSPS) is 13.2. The van der Waals surface area contributed by atoms with Crippen molar-refractivity contribution < 1.29 is 24.0 Å². The smallest absolute Gasteiger partial charge is 0.341 e. The van der Waals surface area contributed by atoms with Gasteiger partial charge in [0.15, 0.2) is 6.61 Å². The third-order valence-corrected chi connectivity index (χ3v) is 4.62. The lowest BCUT2D eigenvalue weighted by molar-refractivity contribution is -0.384. The van der Waals surface area contributed by atoms with Crippen LogP contribution < -0.4 is 10.2 Å². The van der Waals surface area contributed by atoms with Gasteiger partial charge in [0.05, 0.1) is 41.9 Å². The summed E-state index contributed by atoms with van der Waals surface area (Å²) in [5, 5.41) is 22.4. The number of nitro benzene ring substituents is 1. The number of amides is 1. The summed E-state index contributed by atoms with van der Waals surface area (Å²) in [5.74, 6) is -1.38. The SMILES string of the molecule is N#CCc1ccc(NC(=O)COC(=O)c2cc([N+](=O)[O-])ccc2N2CCOCC2)cc1. The minimum Gasteiger partial charge on any atom is -0.452 e. The Labute approximate surface area is 178 Å². The van der Waals surface area contributed by atoms with Gasteiger partial charge in [0.2, 0.25) is 0 Å². The van der Waals surface area contributed by atoms with Crippen LogP contribution >= 0.6 is 0 Å². The number of carbonyl (C=O) groups is 2. The fourth-order valence-corrected chi connectivity index (χ4v) is 3.08. The minimum absolute atomic E-state index is 0.0183. The van der Waals surface area contributed by atoms with Crippen molar-refractivity contribution in [3.05, 3.63) is 63.7 Å². The number of non-ortho nitro benzene ring substituents is 1. The largest absolute Gasteiger partial charge is 0.452 e. The Bertz CT molecular complexity index is 1010. The van der Waals surface area contributed by atoms with Crippen molar-refractivity contribution in [1.82, 2.24) is 0 Å². The molecule has 0 atom stereocenters. The molecule has 1 aliphatic heterocycles. The Morgan fingerprint density at radius 1 is 1.19 bits per heavy atom. The van der Waals surface area contributed by atoms with E-state index in [1.54, 1.807) is 24.3 Å². The van der Waals surface area contributed by atoms with Crippen molar-refractivity contribution >= 4 is 28.9 Å². The van der Waals surface area contributed by atoms with Gasteiger partial charge in [0, 0.05) is 30.9 Å². The molecule has 0 saturated carbocycles. The maximum absolute atomic E-state index is 12.6. The molecule has 0 unspecified atom stereocenters. The second kappa shape index (κ2) is 10.2. The zero-order valence-corrected chi connectivity index (χ0v) is 16.6. The molecule has 160 valence electrons. The van der Waals surface area contributed by atoms with Crippen molar-refractivity contribution in [2.45, 2.75) is 6.42 Å². The lowest BCUT2D eigenvalue weighted by atomic mass is 10.1. The van der Waals surface area contributed by atoms with E-state index in [0.717, 1.165) is 11.6 Å². The molecule has 1 heterocycles. The number of nitriles is 1. The van der Waals surface area contributed by atoms with Crippen LogP contribution in [0, 0.1) is 21.4 Å². The highest BCUT2D eigenvalue weighted by Gasteiger charge is 2.23. The molecule has 10 heteroatoms. The Morgan fingerprint density at radius 3 is 2.55 bits per heavy atom. The van der Waals surface area contributed by atoms with Gasteiger partial charge in [0.25, 0.3) is 11.6 Å². The third kappa shape index (κ3) is 5.77. The average molecular weight is 424 g/mol. The predicted molar refractivity (Wildman–Crippen MR) is 111 cm³/mol. The van der Waals surface area contributed by atoms with E-state index >= 15 is 0 Å². The summed E-state index contributed by atoms with van der Waals surface area (Å²) >= 11 is 0. The molecule has 0 bridgehead atoms. The zero-order valence-electron chi connectivity index (χ0n) is 16.6. The summed E-state index contributed by atoms with van der Waals surface area (Å²) in [6.07, 6.45) is 0.264. The molecule has 1 aliphatic rings. The number of esters is 1. The number of morpholine rings is 1. The van der Waals surface area contributed by atoms with Crippen molar-refractivity contribution in [2.24, 2.45) is 0 Å². The molecule has 0 aliphatic carbocycles. The molecule has 3 rings (SSSR count). The number of anilines is 2. The second-order valence-corrected chi connectivity index (χ2v) is 6.71. The fourth-order valence-electron chi connectivity index (χ4n) is 3.08. The van der Waals surface area contributed by atoms with Gasteiger partial charge in [-0.05, 0) is 23.8 Å². The maximum Gasteiger partial charge on any atom is 0.341 e. The highest BCUT2D eigenvalue weighted by atomic mass is 16.6. The highest BCUT2D eigenvalue weighted by molar-refractivity contribution is 5.99. The van der Waals surface area contributed by atoms with Gasteiger partial charge in [-0.25, -0.2) is 4.79 Å². The summed E-state index contributed by atoms with van der Waals surface area (Å²) in [6.45, 7) is 1.45. The number of carbonyl (C=O) groups excluding carboxylic acids is 2. The van der Waals surface area contributed by atoms with Gasteiger partial charge in [-0.2, -0.15) is 5.26 Å². The van der Waals surface area contributed by atoms with E-state index in [9.17, 15) is 19.7 Å². The number of ether oxygens (including phenoxy) is 2. The molecule has 1 saturated heterocycles. The second-order valence-electron chi connectivity index (χ2n) is 6.71. The van der Waals surface area contributed by atoms with E-state index in [2.05, 4.69) is 5.32 Å². The van der Waals surface area contributed by atoms with Crippen LogP contribution in [0.1, 0.15) is 15.9 Å². The molecule has 0 radical (unpaired) electrons. The number of benzene rings is 2. The standard InChI is InChI=1S/C21H20N4O6/c22-8-7-15-1-3-16(4-2-15)23-20(26)14-31-21(27)18-13-17(25(28)29)5-6-19(18)24-9-11-30-12-10-24/h1-6,13H,7,9-12,14H2,(H,23,26). The number of nitrogens with one attached hydrogen (secondary N) is 1. The number of nitro groups is 1. The quantitative estimate of drug-likeness (QED) is 0.406. The van der Waals surface area contributed by atoms with Crippen LogP contribution in [0.2, 0.25) is 0 Å². The van der Waals surface area contributed by atoms with Gasteiger partial charge in [-0.3, -0.25) is 14.9 Å². The molecule has 1 N–H and O–H groups in total. The number of rotatable bonds is 7. The number of hydrogen-bond acceptors (Lipinski definition) is 8. The zero-order chi connectivity index (χ0) is 22.2. The molecule has 31 heavy (non-hydrogen) atoms. The topological polar surface area (TPSA) is 135 Å². The van der Waals surface area contributed by atoms with Gasteiger partial charge < -0.3 is 19.7 Å². The molecular weight excluding hydrogens is 404 g/mol. The fraction of sp³-hybridized carbons (Fsp3) is 0.286. The molecule has 0 spiro atoms. The number of hydrogen-bond donors (Lipinski definition) is 1.